The van der Waals surface area contributed by atoms with Gasteiger partial charge >= 0.3 is 0 Å². The molecule has 0 aliphatic rings. The monoisotopic (exact) mass is 133 g/mol. The summed E-state index contributed by atoms with van der Waals surface area (Å²) in [7, 11) is 2.61. The third-order valence-electron chi connectivity index (χ3n) is 0.657. The van der Waals surface area contributed by atoms with Gasteiger partial charge in [-0.15, -0.1) is 9.24 Å². The van der Waals surface area contributed by atoms with Crippen molar-refractivity contribution in [2.24, 2.45) is 16.5 Å². The minimum absolute atomic E-state index is 0.184. The summed E-state index contributed by atoms with van der Waals surface area (Å²) >= 11 is 0. The van der Waals surface area contributed by atoms with Gasteiger partial charge < -0.3 is 11.5 Å². The second-order valence-corrected chi connectivity index (χ2v) is 2.03. The molecule has 0 spiro atoms. The maximum atomic E-state index is 5.05. The molecule has 0 radical (unpaired) electrons. The summed E-state index contributed by atoms with van der Waals surface area (Å²) in [6.07, 6.45) is 2.08. The molecule has 1 unspecified atom stereocenters. The second-order valence-electron chi connectivity index (χ2n) is 1.45. The first-order chi connectivity index (χ1) is 3.77. The molecule has 0 aromatic heterocycles. The molecule has 0 heterocycles. The summed E-state index contributed by atoms with van der Waals surface area (Å²) in [6, 6.07) is 0. The Hall–Kier alpha value is -0.300. The Morgan fingerprint density at radius 2 is 2.12 bits per heavy atom. The maximum absolute atomic E-state index is 5.05. The zero-order valence-corrected chi connectivity index (χ0v) is 5.96. The summed E-state index contributed by atoms with van der Waals surface area (Å²) in [4.78, 5) is 3.77. The summed E-state index contributed by atoms with van der Waals surface area (Å²) < 4.78 is 0. The third kappa shape index (κ3) is 5.70. The molecular weight excluding hydrogens is 121 g/mol. The van der Waals surface area contributed by atoms with E-state index >= 15 is 0 Å². The van der Waals surface area contributed by atoms with E-state index in [0.717, 1.165) is 19.1 Å². The molecule has 0 rings (SSSR count). The Bertz CT molecular complexity index is 77.4. The summed E-state index contributed by atoms with van der Waals surface area (Å²) in [5, 5.41) is 0. The fraction of sp³-hybridized carbons (Fsp3) is 0.750. The number of guanidine groups is 1. The highest BCUT2D eigenvalue weighted by atomic mass is 31.0. The van der Waals surface area contributed by atoms with E-state index in [1.165, 1.54) is 0 Å². The molecule has 0 saturated heterocycles. The van der Waals surface area contributed by atoms with Gasteiger partial charge in [-0.1, -0.05) is 0 Å². The van der Waals surface area contributed by atoms with E-state index in [1.807, 2.05) is 0 Å². The third-order valence-corrected chi connectivity index (χ3v) is 1.06. The molecule has 4 heteroatoms. The van der Waals surface area contributed by atoms with Crippen molar-refractivity contribution in [1.29, 1.82) is 0 Å². The molecule has 0 fully saturated rings. The number of aliphatic imine (C=N–C) groups is 1. The van der Waals surface area contributed by atoms with Crippen LogP contribution in [0.1, 0.15) is 6.42 Å². The van der Waals surface area contributed by atoms with Crippen molar-refractivity contribution >= 4 is 15.2 Å². The summed E-state index contributed by atoms with van der Waals surface area (Å²) in [6.45, 7) is 0.742. The van der Waals surface area contributed by atoms with Gasteiger partial charge in [0, 0.05) is 6.54 Å². The van der Waals surface area contributed by atoms with Gasteiger partial charge in [0.2, 0.25) is 0 Å². The Morgan fingerprint density at radius 3 is 2.50 bits per heavy atom. The standard InChI is InChI=1S/C4H12N3P/c5-4(6)7-2-1-3-8/h1-3,8H2,(H4,5,6,7). The molecule has 4 N–H and O–H groups in total. The molecule has 1 atom stereocenters. The van der Waals surface area contributed by atoms with Gasteiger partial charge in [-0.05, 0) is 12.6 Å². The molecule has 8 heavy (non-hydrogen) atoms. The van der Waals surface area contributed by atoms with E-state index < -0.39 is 0 Å². The van der Waals surface area contributed by atoms with Crippen molar-refractivity contribution in [2.75, 3.05) is 12.7 Å². The predicted molar refractivity (Wildman–Crippen MR) is 39.9 cm³/mol. The number of rotatable bonds is 3. The van der Waals surface area contributed by atoms with Crippen molar-refractivity contribution in [3.8, 4) is 0 Å². The van der Waals surface area contributed by atoms with E-state index in [9.17, 15) is 0 Å². The number of hydrogen-bond donors (Lipinski definition) is 2. The van der Waals surface area contributed by atoms with E-state index in [4.69, 9.17) is 11.5 Å². The first kappa shape index (κ1) is 7.70. The Labute approximate surface area is 51.7 Å². The first-order valence-corrected chi connectivity index (χ1v) is 3.34. The average Bonchev–Trinajstić information content (AvgIpc) is 1.66. The van der Waals surface area contributed by atoms with Gasteiger partial charge in [0.05, 0.1) is 0 Å². The van der Waals surface area contributed by atoms with Gasteiger partial charge in [0.1, 0.15) is 0 Å². The second kappa shape index (κ2) is 4.85. The van der Waals surface area contributed by atoms with Crippen LogP contribution in [0.25, 0.3) is 0 Å². The molecule has 0 saturated carbocycles. The molecular formula is C4H12N3P. The van der Waals surface area contributed by atoms with Crippen LogP contribution in [0.2, 0.25) is 0 Å². The van der Waals surface area contributed by atoms with Gasteiger partial charge in [-0.25, -0.2) is 0 Å². The molecule has 0 amide bonds. The molecule has 0 aliphatic heterocycles. The number of nitrogens with two attached hydrogens (primary N) is 2. The van der Waals surface area contributed by atoms with Gasteiger partial charge in [-0.3, -0.25) is 4.99 Å². The first-order valence-electron chi connectivity index (χ1n) is 2.53. The van der Waals surface area contributed by atoms with Crippen LogP contribution in [0.3, 0.4) is 0 Å². The van der Waals surface area contributed by atoms with Crippen LogP contribution in [-0.4, -0.2) is 18.7 Å². The quantitative estimate of drug-likeness (QED) is 0.236. The van der Waals surface area contributed by atoms with Gasteiger partial charge in [-0.2, -0.15) is 0 Å². The van der Waals surface area contributed by atoms with Crippen LogP contribution in [0, 0.1) is 0 Å². The largest absolute Gasteiger partial charge is 0.370 e. The van der Waals surface area contributed by atoms with E-state index in [1.54, 1.807) is 0 Å². The molecule has 0 aliphatic carbocycles. The Balaban J connectivity index is 3.03. The number of hydrogen-bond acceptors (Lipinski definition) is 1. The molecule has 0 aromatic rings. The van der Waals surface area contributed by atoms with Crippen LogP contribution in [0.15, 0.2) is 4.99 Å². The molecule has 0 bridgehead atoms. The minimum atomic E-state index is 0.184. The normalized spacial score (nSPS) is 8.62. The summed E-state index contributed by atoms with van der Waals surface area (Å²) in [5.41, 5.74) is 10.1. The van der Waals surface area contributed by atoms with Crippen molar-refractivity contribution in [1.82, 2.24) is 0 Å². The van der Waals surface area contributed by atoms with E-state index in [-0.39, 0.29) is 5.96 Å². The van der Waals surface area contributed by atoms with Crippen LogP contribution in [0.4, 0.5) is 0 Å². The molecule has 48 valence electrons. The average molecular weight is 133 g/mol. The predicted octanol–water partition coefficient (Wildman–Crippen LogP) is -0.475. The van der Waals surface area contributed by atoms with E-state index in [2.05, 4.69) is 14.2 Å². The maximum Gasteiger partial charge on any atom is 0.185 e. The zero-order chi connectivity index (χ0) is 6.41. The topological polar surface area (TPSA) is 64.4 Å². The highest BCUT2D eigenvalue weighted by Gasteiger charge is 1.79. The fourth-order valence-corrected chi connectivity index (χ4v) is 0.482. The van der Waals surface area contributed by atoms with Crippen LogP contribution < -0.4 is 11.5 Å². The molecule has 0 aromatic carbocycles. The van der Waals surface area contributed by atoms with Crippen molar-refractivity contribution < 1.29 is 0 Å². The minimum Gasteiger partial charge on any atom is -0.370 e. The smallest absolute Gasteiger partial charge is 0.185 e. The lowest BCUT2D eigenvalue weighted by atomic mass is 10.5. The van der Waals surface area contributed by atoms with Crippen LogP contribution >= 0.6 is 9.24 Å². The van der Waals surface area contributed by atoms with Crippen molar-refractivity contribution in [3.05, 3.63) is 0 Å². The van der Waals surface area contributed by atoms with E-state index in [0.29, 0.717) is 0 Å². The summed E-state index contributed by atoms with van der Waals surface area (Å²) in [5.74, 6) is 0.184. The molecule has 3 nitrogen and oxygen atoms in total. The SMILES string of the molecule is NC(N)=NCCCP. The van der Waals surface area contributed by atoms with Gasteiger partial charge in [0.15, 0.2) is 5.96 Å². The van der Waals surface area contributed by atoms with Crippen molar-refractivity contribution in [3.63, 3.8) is 0 Å². The lowest BCUT2D eigenvalue weighted by molar-refractivity contribution is 0.938. The van der Waals surface area contributed by atoms with Gasteiger partial charge in [0.25, 0.3) is 0 Å². The Morgan fingerprint density at radius 1 is 1.50 bits per heavy atom. The van der Waals surface area contributed by atoms with Crippen molar-refractivity contribution in [2.45, 2.75) is 6.42 Å². The lowest BCUT2D eigenvalue weighted by Crippen LogP contribution is -2.22. The Kier molecular flexibility index (Phi) is 4.67. The number of nitrogens with zero attached hydrogens (tertiary/aromatic N) is 1. The highest BCUT2D eigenvalue weighted by molar-refractivity contribution is 7.16. The van der Waals surface area contributed by atoms with Crippen LogP contribution in [-0.2, 0) is 0 Å². The van der Waals surface area contributed by atoms with Crippen LogP contribution in [0.5, 0.6) is 0 Å². The lowest BCUT2D eigenvalue weighted by Gasteiger charge is -1.89. The fourth-order valence-electron chi connectivity index (χ4n) is 0.299. The zero-order valence-electron chi connectivity index (χ0n) is 4.80. The highest BCUT2D eigenvalue weighted by Crippen LogP contribution is 1.86.